The van der Waals surface area contributed by atoms with Gasteiger partial charge in [-0.25, -0.2) is 4.98 Å². The summed E-state index contributed by atoms with van der Waals surface area (Å²) in [7, 11) is 0. The van der Waals surface area contributed by atoms with E-state index in [4.69, 9.17) is 0 Å². The molecule has 1 N–H and O–H groups in total. The summed E-state index contributed by atoms with van der Waals surface area (Å²) in [6.45, 7) is 0.898. The summed E-state index contributed by atoms with van der Waals surface area (Å²) in [5.41, 5.74) is 2.84. The molecular weight excluding hydrogens is 290 g/mol. The van der Waals surface area contributed by atoms with E-state index in [1.54, 1.807) is 5.51 Å². The monoisotopic (exact) mass is 307 g/mol. The standard InChI is InChI=1S/C14H17N3O3S/c18-8-6-10-3-1-2-7-16(10)11-4-5-12-13(15-9-21-12)14(11)17(19)20/h4-5,9-10,18H,1-3,6-8H2. The fourth-order valence-corrected chi connectivity index (χ4v) is 3.76. The van der Waals surface area contributed by atoms with Crippen LogP contribution < -0.4 is 4.90 Å². The van der Waals surface area contributed by atoms with Gasteiger partial charge in [0.15, 0.2) is 5.52 Å². The second kappa shape index (κ2) is 5.95. The lowest BCUT2D eigenvalue weighted by Gasteiger charge is -2.37. The van der Waals surface area contributed by atoms with E-state index in [0.29, 0.717) is 17.6 Å². The van der Waals surface area contributed by atoms with Gasteiger partial charge in [0.1, 0.15) is 5.69 Å². The first-order valence-electron chi connectivity index (χ1n) is 7.10. The normalized spacial score (nSPS) is 19.1. The SMILES string of the molecule is O=[N+]([O-])c1c(N2CCCCC2CCO)ccc2scnc12. The van der Waals surface area contributed by atoms with Gasteiger partial charge in [-0.3, -0.25) is 10.1 Å². The first kappa shape index (κ1) is 14.2. The number of rotatable bonds is 4. The topological polar surface area (TPSA) is 79.5 Å². The fourth-order valence-electron chi connectivity index (χ4n) is 3.08. The van der Waals surface area contributed by atoms with E-state index in [9.17, 15) is 15.2 Å². The summed E-state index contributed by atoms with van der Waals surface area (Å²) in [5.74, 6) is 0. The maximum Gasteiger partial charge on any atom is 0.319 e. The largest absolute Gasteiger partial charge is 0.396 e. The van der Waals surface area contributed by atoms with Gasteiger partial charge in [0.25, 0.3) is 0 Å². The van der Waals surface area contributed by atoms with E-state index < -0.39 is 0 Å². The van der Waals surface area contributed by atoms with E-state index in [1.807, 2.05) is 12.1 Å². The number of nitro benzene ring substituents is 1. The molecule has 2 heterocycles. The van der Waals surface area contributed by atoms with Gasteiger partial charge in [0.2, 0.25) is 0 Å². The third-order valence-corrected chi connectivity index (χ3v) is 4.83. The summed E-state index contributed by atoms with van der Waals surface area (Å²) >= 11 is 1.41. The third kappa shape index (κ3) is 2.58. The maximum atomic E-state index is 11.5. The summed E-state index contributed by atoms with van der Waals surface area (Å²) in [6.07, 6.45) is 3.74. The molecule has 1 fully saturated rings. The number of piperidine rings is 1. The summed E-state index contributed by atoms with van der Waals surface area (Å²) in [5, 5.41) is 20.8. The Morgan fingerprint density at radius 3 is 3.10 bits per heavy atom. The Hall–Kier alpha value is -1.73. The van der Waals surface area contributed by atoms with Crippen LogP contribution in [0.2, 0.25) is 0 Å². The van der Waals surface area contributed by atoms with Crippen LogP contribution in [0.4, 0.5) is 11.4 Å². The lowest BCUT2D eigenvalue weighted by Crippen LogP contribution is -2.40. The molecule has 21 heavy (non-hydrogen) atoms. The van der Waals surface area contributed by atoms with Crippen LogP contribution >= 0.6 is 11.3 Å². The molecule has 0 aliphatic carbocycles. The van der Waals surface area contributed by atoms with Crippen LogP contribution in [0.15, 0.2) is 17.6 Å². The number of thiazole rings is 1. The molecule has 1 aromatic heterocycles. The quantitative estimate of drug-likeness (QED) is 0.694. The lowest BCUT2D eigenvalue weighted by molar-refractivity contribution is -0.382. The second-order valence-electron chi connectivity index (χ2n) is 5.24. The van der Waals surface area contributed by atoms with Crippen molar-refractivity contribution in [3.05, 3.63) is 27.8 Å². The molecule has 1 aromatic carbocycles. The molecule has 2 aromatic rings. The highest BCUT2D eigenvalue weighted by molar-refractivity contribution is 7.16. The zero-order chi connectivity index (χ0) is 14.8. The van der Waals surface area contributed by atoms with Crippen molar-refractivity contribution in [3.8, 4) is 0 Å². The van der Waals surface area contributed by atoms with Gasteiger partial charge in [-0.2, -0.15) is 0 Å². The highest BCUT2D eigenvalue weighted by Crippen LogP contribution is 2.39. The number of hydrogen-bond donors (Lipinski definition) is 1. The Bertz CT molecular complexity index is 656. The number of anilines is 1. The van der Waals surface area contributed by atoms with Crippen molar-refractivity contribution < 1.29 is 10.0 Å². The van der Waals surface area contributed by atoms with Crippen LogP contribution in [-0.2, 0) is 0 Å². The Labute approximate surface area is 126 Å². The number of hydrogen-bond acceptors (Lipinski definition) is 6. The Morgan fingerprint density at radius 1 is 1.48 bits per heavy atom. The van der Waals surface area contributed by atoms with Gasteiger partial charge in [0, 0.05) is 19.2 Å². The van der Waals surface area contributed by atoms with Crippen molar-refractivity contribution in [2.45, 2.75) is 31.7 Å². The molecule has 0 saturated carbocycles. The third-order valence-electron chi connectivity index (χ3n) is 4.04. The predicted octanol–water partition coefficient (Wildman–Crippen LogP) is 2.95. The van der Waals surface area contributed by atoms with Crippen molar-refractivity contribution in [3.63, 3.8) is 0 Å². The van der Waals surface area contributed by atoms with Gasteiger partial charge in [-0.1, -0.05) is 0 Å². The molecule has 1 atom stereocenters. The minimum Gasteiger partial charge on any atom is -0.396 e. The average Bonchev–Trinajstić information content (AvgIpc) is 2.95. The minimum atomic E-state index is -0.331. The molecule has 1 unspecified atom stereocenters. The van der Waals surface area contributed by atoms with Crippen molar-refractivity contribution in [2.24, 2.45) is 0 Å². The van der Waals surface area contributed by atoms with Gasteiger partial charge in [-0.15, -0.1) is 11.3 Å². The van der Waals surface area contributed by atoms with Crippen LogP contribution in [0, 0.1) is 10.1 Å². The Kier molecular flexibility index (Phi) is 4.03. The lowest BCUT2D eigenvalue weighted by atomic mass is 9.98. The number of benzene rings is 1. The number of aliphatic hydroxyl groups is 1. The van der Waals surface area contributed by atoms with Gasteiger partial charge in [0.05, 0.1) is 15.1 Å². The number of aromatic nitrogens is 1. The van der Waals surface area contributed by atoms with E-state index >= 15 is 0 Å². The van der Waals surface area contributed by atoms with Crippen molar-refractivity contribution in [1.82, 2.24) is 4.98 Å². The molecule has 6 nitrogen and oxygen atoms in total. The van der Waals surface area contributed by atoms with Crippen molar-refractivity contribution in [2.75, 3.05) is 18.1 Å². The second-order valence-corrected chi connectivity index (χ2v) is 6.13. The molecular formula is C14H17N3O3S. The minimum absolute atomic E-state index is 0.0959. The van der Waals surface area contributed by atoms with Crippen molar-refractivity contribution >= 4 is 32.9 Å². The molecule has 0 bridgehead atoms. The maximum absolute atomic E-state index is 11.5. The van der Waals surface area contributed by atoms with E-state index in [-0.39, 0.29) is 23.3 Å². The zero-order valence-corrected chi connectivity index (χ0v) is 12.4. The number of nitrogens with zero attached hydrogens (tertiary/aromatic N) is 3. The van der Waals surface area contributed by atoms with Crippen LogP contribution in [0.3, 0.4) is 0 Å². The molecule has 112 valence electrons. The Morgan fingerprint density at radius 2 is 2.33 bits per heavy atom. The van der Waals surface area contributed by atoms with E-state index in [2.05, 4.69) is 9.88 Å². The summed E-state index contributed by atoms with van der Waals surface area (Å²) < 4.78 is 0.834. The molecule has 1 aliphatic heterocycles. The molecule has 0 radical (unpaired) electrons. The Balaban J connectivity index is 2.09. The van der Waals surface area contributed by atoms with Crippen molar-refractivity contribution in [1.29, 1.82) is 0 Å². The summed E-state index contributed by atoms with van der Waals surface area (Å²) in [4.78, 5) is 17.5. The number of fused-ring (bicyclic) bond motifs is 1. The van der Waals surface area contributed by atoms with Crippen LogP contribution in [-0.4, -0.2) is 34.2 Å². The highest BCUT2D eigenvalue weighted by atomic mass is 32.1. The van der Waals surface area contributed by atoms with Gasteiger partial charge in [-0.05, 0) is 37.8 Å². The highest BCUT2D eigenvalue weighted by Gasteiger charge is 2.30. The smallest absolute Gasteiger partial charge is 0.319 e. The molecule has 0 amide bonds. The molecule has 1 saturated heterocycles. The van der Waals surface area contributed by atoms with Crippen LogP contribution in [0.25, 0.3) is 10.2 Å². The summed E-state index contributed by atoms with van der Waals surface area (Å²) in [6, 6.07) is 3.90. The molecule has 3 rings (SSSR count). The average molecular weight is 307 g/mol. The predicted molar refractivity (Wildman–Crippen MR) is 83.0 cm³/mol. The molecule has 0 spiro atoms. The van der Waals surface area contributed by atoms with Gasteiger partial charge < -0.3 is 10.0 Å². The molecule has 7 heteroatoms. The number of nitro groups is 1. The first-order valence-corrected chi connectivity index (χ1v) is 7.98. The van der Waals surface area contributed by atoms with Gasteiger partial charge >= 0.3 is 5.69 Å². The fraction of sp³-hybridized carbons (Fsp3) is 0.500. The first-order chi connectivity index (χ1) is 10.2. The number of aliphatic hydroxyl groups excluding tert-OH is 1. The van der Waals surface area contributed by atoms with Crippen LogP contribution in [0.1, 0.15) is 25.7 Å². The molecule has 1 aliphatic rings. The van der Waals surface area contributed by atoms with Crippen LogP contribution in [0.5, 0.6) is 0 Å². The van der Waals surface area contributed by atoms with E-state index in [0.717, 1.165) is 30.5 Å². The van der Waals surface area contributed by atoms with E-state index in [1.165, 1.54) is 11.3 Å². The zero-order valence-electron chi connectivity index (χ0n) is 11.6.